The zero-order valence-electron chi connectivity index (χ0n) is 19.3. The molecule has 0 fully saturated rings. The van der Waals surface area contributed by atoms with E-state index in [-0.39, 0.29) is 5.69 Å². The highest BCUT2D eigenvalue weighted by Gasteiger charge is 2.60. The van der Waals surface area contributed by atoms with E-state index >= 15 is 0 Å². The van der Waals surface area contributed by atoms with Crippen molar-refractivity contribution < 1.29 is 43.2 Å². The molecule has 0 bridgehead atoms. The molecule has 0 aromatic heterocycles. The van der Waals surface area contributed by atoms with Gasteiger partial charge in [0.1, 0.15) is 23.1 Å². The van der Waals surface area contributed by atoms with Crippen LogP contribution in [0.25, 0.3) is 0 Å². The van der Waals surface area contributed by atoms with Gasteiger partial charge in [-0.05, 0) is 39.8 Å². The SMILES string of the molecule is CC(=O)CC(=O)N(C(=O)C(C(=O)CC(C)=O)(C(=O)CC(C)=O)C(=O)CC(C)=O)c1ccccc1. The quantitative estimate of drug-likeness (QED) is 0.385. The third kappa shape index (κ3) is 6.53. The monoisotopic (exact) mass is 471 g/mol. The molecular formula is C24H25NO9. The number of amides is 2. The summed E-state index contributed by atoms with van der Waals surface area (Å²) >= 11 is 0. The average molecular weight is 471 g/mol. The highest BCUT2D eigenvalue weighted by atomic mass is 16.2. The standard InChI is InChI=1S/C24H25NO9/c1-14(26)10-19(30)24(20(31)11-15(2)27,21(32)12-16(3)28)23(34)25(22(33)13-17(4)29)18-8-6-5-7-9-18/h5-9H,10-13H2,1-4H3. The first-order chi connectivity index (χ1) is 15.7. The number of ketones is 7. The Kier molecular flexibility index (Phi) is 9.73. The van der Waals surface area contributed by atoms with Crippen molar-refractivity contribution in [3.05, 3.63) is 30.3 Å². The Bertz CT molecular complexity index is 1000. The lowest BCUT2D eigenvalue weighted by atomic mass is 9.70. The molecule has 1 aromatic rings. The van der Waals surface area contributed by atoms with Gasteiger partial charge in [0.25, 0.3) is 5.91 Å². The summed E-state index contributed by atoms with van der Waals surface area (Å²) in [6.07, 6.45) is -3.92. The van der Waals surface area contributed by atoms with E-state index in [9.17, 15) is 43.2 Å². The van der Waals surface area contributed by atoms with Crippen LogP contribution in [0.15, 0.2) is 30.3 Å². The molecule has 2 amide bonds. The Hall–Kier alpha value is -3.95. The molecule has 0 spiro atoms. The Morgan fingerprint density at radius 3 is 1.26 bits per heavy atom. The van der Waals surface area contributed by atoms with Gasteiger partial charge in [0.15, 0.2) is 17.3 Å². The van der Waals surface area contributed by atoms with Crippen LogP contribution in [0.3, 0.4) is 0 Å². The van der Waals surface area contributed by atoms with Crippen LogP contribution in [0.4, 0.5) is 5.69 Å². The second-order valence-corrected chi connectivity index (χ2v) is 7.90. The molecule has 34 heavy (non-hydrogen) atoms. The lowest BCUT2D eigenvalue weighted by Crippen LogP contribution is -2.60. The minimum atomic E-state index is -3.30. The third-order valence-corrected chi connectivity index (χ3v) is 4.67. The van der Waals surface area contributed by atoms with Gasteiger partial charge in [-0.2, -0.15) is 0 Å². The number of hydrogen-bond donors (Lipinski definition) is 0. The van der Waals surface area contributed by atoms with E-state index in [2.05, 4.69) is 0 Å². The van der Waals surface area contributed by atoms with Crippen LogP contribution in [-0.2, 0) is 43.2 Å². The van der Waals surface area contributed by atoms with Crippen LogP contribution in [0.2, 0.25) is 0 Å². The number of anilines is 1. The molecule has 1 rings (SSSR count). The van der Waals surface area contributed by atoms with E-state index in [0.29, 0.717) is 4.90 Å². The maximum atomic E-state index is 13.9. The van der Waals surface area contributed by atoms with Gasteiger partial charge >= 0.3 is 0 Å². The summed E-state index contributed by atoms with van der Waals surface area (Å²) in [7, 11) is 0. The topological polar surface area (TPSA) is 157 Å². The molecule has 180 valence electrons. The van der Waals surface area contributed by atoms with E-state index in [1.165, 1.54) is 30.3 Å². The molecule has 0 aliphatic carbocycles. The van der Waals surface area contributed by atoms with E-state index < -0.39 is 83.4 Å². The summed E-state index contributed by atoms with van der Waals surface area (Å²) in [6.45, 7) is 4.01. The molecule has 0 atom stereocenters. The van der Waals surface area contributed by atoms with Gasteiger partial charge in [0.05, 0.1) is 31.4 Å². The van der Waals surface area contributed by atoms with Crippen molar-refractivity contribution in [2.24, 2.45) is 5.41 Å². The molecule has 0 heterocycles. The third-order valence-electron chi connectivity index (χ3n) is 4.67. The maximum Gasteiger partial charge on any atom is 0.262 e. The van der Waals surface area contributed by atoms with E-state index in [4.69, 9.17) is 0 Å². The summed E-state index contributed by atoms with van der Waals surface area (Å²) in [4.78, 5) is 114. The fourth-order valence-electron chi connectivity index (χ4n) is 3.31. The highest BCUT2D eigenvalue weighted by molar-refractivity contribution is 6.46. The van der Waals surface area contributed by atoms with Crippen molar-refractivity contribution in [1.29, 1.82) is 0 Å². The van der Waals surface area contributed by atoms with Crippen molar-refractivity contribution >= 4 is 58.0 Å². The lowest BCUT2D eigenvalue weighted by molar-refractivity contribution is -0.155. The Labute approximate surface area is 195 Å². The van der Waals surface area contributed by atoms with Gasteiger partial charge in [-0.15, -0.1) is 0 Å². The predicted octanol–water partition coefficient (Wildman–Crippen LogP) is 1.16. The number of para-hydroxylation sites is 1. The number of rotatable bonds is 13. The molecule has 0 unspecified atom stereocenters. The molecule has 10 heteroatoms. The number of carbonyl (C=O) groups is 9. The molecule has 1 aromatic carbocycles. The second kappa shape index (κ2) is 11.8. The number of Topliss-reactive ketones (excluding diaryl/α,β-unsaturated/α-hetero) is 7. The smallest absolute Gasteiger partial charge is 0.262 e. The number of carbonyl (C=O) groups excluding carboxylic acids is 9. The van der Waals surface area contributed by atoms with Gasteiger partial charge < -0.3 is 0 Å². The minimum absolute atomic E-state index is 0.162. The van der Waals surface area contributed by atoms with Crippen LogP contribution in [0, 0.1) is 5.41 Å². The molecule has 0 aliphatic heterocycles. The van der Waals surface area contributed by atoms with Crippen molar-refractivity contribution in [2.45, 2.75) is 53.4 Å². The Morgan fingerprint density at radius 1 is 0.588 bits per heavy atom. The highest BCUT2D eigenvalue weighted by Crippen LogP contribution is 2.33. The number of imide groups is 1. The number of hydrogen-bond acceptors (Lipinski definition) is 9. The molecule has 0 N–H and O–H groups in total. The largest absolute Gasteiger partial charge is 0.300 e. The lowest BCUT2D eigenvalue weighted by Gasteiger charge is -2.33. The average Bonchev–Trinajstić information content (AvgIpc) is 2.67. The van der Waals surface area contributed by atoms with Crippen LogP contribution < -0.4 is 4.90 Å². The minimum Gasteiger partial charge on any atom is -0.300 e. The van der Waals surface area contributed by atoms with Gasteiger partial charge in [-0.3, -0.25) is 43.2 Å². The summed E-state index contributed by atoms with van der Waals surface area (Å²) in [6, 6.07) is 6.91. The number of nitrogens with zero attached hydrogens (tertiary/aromatic N) is 1. The van der Waals surface area contributed by atoms with Crippen molar-refractivity contribution in [1.82, 2.24) is 0 Å². The van der Waals surface area contributed by atoms with Crippen LogP contribution >= 0.6 is 0 Å². The molecule has 10 nitrogen and oxygen atoms in total. The maximum absolute atomic E-state index is 13.9. The summed E-state index contributed by atoms with van der Waals surface area (Å²) in [5, 5.41) is 0. The normalized spacial score (nSPS) is 10.7. The molecular weight excluding hydrogens is 446 g/mol. The molecule has 0 saturated heterocycles. The van der Waals surface area contributed by atoms with E-state index in [0.717, 1.165) is 27.7 Å². The Morgan fingerprint density at radius 2 is 0.941 bits per heavy atom. The molecule has 0 aliphatic rings. The fraction of sp³-hybridized carbons (Fsp3) is 0.375. The zero-order valence-corrected chi connectivity index (χ0v) is 19.3. The second-order valence-electron chi connectivity index (χ2n) is 7.90. The van der Waals surface area contributed by atoms with Gasteiger partial charge in [-0.1, -0.05) is 18.2 Å². The van der Waals surface area contributed by atoms with Crippen LogP contribution in [-0.4, -0.2) is 52.3 Å². The first-order valence-electron chi connectivity index (χ1n) is 10.2. The van der Waals surface area contributed by atoms with Gasteiger partial charge in [-0.25, -0.2) is 4.90 Å². The first-order valence-corrected chi connectivity index (χ1v) is 10.2. The predicted molar refractivity (Wildman–Crippen MR) is 118 cm³/mol. The van der Waals surface area contributed by atoms with Crippen LogP contribution in [0.5, 0.6) is 0 Å². The van der Waals surface area contributed by atoms with Crippen LogP contribution in [0.1, 0.15) is 53.4 Å². The van der Waals surface area contributed by atoms with E-state index in [1.54, 1.807) is 0 Å². The van der Waals surface area contributed by atoms with Crippen molar-refractivity contribution in [3.63, 3.8) is 0 Å². The fourth-order valence-corrected chi connectivity index (χ4v) is 3.31. The van der Waals surface area contributed by atoms with Crippen molar-refractivity contribution in [2.75, 3.05) is 4.90 Å². The zero-order chi connectivity index (χ0) is 26.2. The molecule has 0 radical (unpaired) electrons. The summed E-state index contributed by atoms with van der Waals surface area (Å²) < 4.78 is 0. The van der Waals surface area contributed by atoms with E-state index in [1.807, 2.05) is 0 Å². The summed E-state index contributed by atoms with van der Waals surface area (Å²) in [5.74, 6) is -10.2. The van der Waals surface area contributed by atoms with Crippen molar-refractivity contribution in [3.8, 4) is 0 Å². The molecule has 0 saturated carbocycles. The summed E-state index contributed by atoms with van der Waals surface area (Å²) in [5.41, 5.74) is -3.46. The van der Waals surface area contributed by atoms with Gasteiger partial charge in [0, 0.05) is 0 Å². The Balaban J connectivity index is 3.97. The number of benzene rings is 1. The van der Waals surface area contributed by atoms with Gasteiger partial charge in [0.2, 0.25) is 11.3 Å². The first kappa shape index (κ1) is 28.1.